The molecule has 2 rings (SSSR count). The van der Waals surface area contributed by atoms with Gasteiger partial charge in [0.1, 0.15) is 12.4 Å². The molecular formula is C22H29NO5. The van der Waals surface area contributed by atoms with Crippen LogP contribution in [0.4, 0.5) is 5.69 Å². The van der Waals surface area contributed by atoms with E-state index in [0.29, 0.717) is 36.3 Å². The van der Waals surface area contributed by atoms with Crippen molar-refractivity contribution in [2.45, 2.75) is 26.2 Å². The zero-order valence-corrected chi connectivity index (χ0v) is 17.0. The summed E-state index contributed by atoms with van der Waals surface area (Å²) < 4.78 is 21.7. The summed E-state index contributed by atoms with van der Waals surface area (Å²) in [5, 5.41) is 2.83. The van der Waals surface area contributed by atoms with Crippen LogP contribution in [-0.4, -0.2) is 39.9 Å². The summed E-state index contributed by atoms with van der Waals surface area (Å²) in [7, 11) is 3.18. The molecule has 1 unspecified atom stereocenters. The first-order valence-electron chi connectivity index (χ1n) is 9.40. The number of methoxy groups -OCH3 is 2. The predicted molar refractivity (Wildman–Crippen MR) is 110 cm³/mol. The lowest BCUT2D eigenvalue weighted by Gasteiger charge is -2.16. The minimum absolute atomic E-state index is 0.0701. The molecule has 0 aliphatic rings. The average molecular weight is 387 g/mol. The number of carbonyl (C=O) groups is 1. The zero-order valence-electron chi connectivity index (χ0n) is 17.0. The third-order valence-electron chi connectivity index (χ3n) is 4.41. The Morgan fingerprint density at radius 3 is 2.50 bits per heavy atom. The van der Waals surface area contributed by atoms with E-state index in [1.54, 1.807) is 32.4 Å². The van der Waals surface area contributed by atoms with Gasteiger partial charge in [-0.25, -0.2) is 0 Å². The molecule has 0 heterocycles. The molecule has 2 aromatic rings. The number of benzene rings is 2. The highest BCUT2D eigenvalue weighted by Gasteiger charge is 2.12. The first-order chi connectivity index (χ1) is 13.6. The van der Waals surface area contributed by atoms with Crippen molar-refractivity contribution in [2.24, 2.45) is 0 Å². The molecule has 6 nitrogen and oxygen atoms in total. The number of ether oxygens (including phenoxy) is 4. The highest BCUT2D eigenvalue weighted by atomic mass is 16.5. The summed E-state index contributed by atoms with van der Waals surface area (Å²) in [5.74, 6) is 2.00. The Morgan fingerprint density at radius 1 is 1.00 bits per heavy atom. The minimum Gasteiger partial charge on any atom is -0.493 e. The Balaban J connectivity index is 1.99. The van der Waals surface area contributed by atoms with Crippen LogP contribution in [0.25, 0.3) is 0 Å². The number of amides is 1. The number of anilines is 1. The molecule has 0 saturated heterocycles. The van der Waals surface area contributed by atoms with Crippen molar-refractivity contribution in [2.75, 3.05) is 39.4 Å². The number of hydrogen-bond acceptors (Lipinski definition) is 5. The van der Waals surface area contributed by atoms with Gasteiger partial charge in [0.05, 0.1) is 13.7 Å². The Morgan fingerprint density at radius 2 is 1.79 bits per heavy atom. The van der Waals surface area contributed by atoms with Gasteiger partial charge in [0.15, 0.2) is 18.1 Å². The average Bonchev–Trinajstić information content (AvgIpc) is 2.72. The van der Waals surface area contributed by atoms with Crippen LogP contribution in [0.2, 0.25) is 0 Å². The highest BCUT2D eigenvalue weighted by Crippen LogP contribution is 2.31. The van der Waals surface area contributed by atoms with E-state index < -0.39 is 0 Å². The van der Waals surface area contributed by atoms with Gasteiger partial charge in [-0.3, -0.25) is 4.79 Å². The minimum atomic E-state index is -0.244. The molecule has 1 amide bonds. The Hall–Kier alpha value is -2.73. The van der Waals surface area contributed by atoms with Gasteiger partial charge >= 0.3 is 0 Å². The maximum absolute atomic E-state index is 12.3. The fourth-order valence-corrected chi connectivity index (χ4v) is 2.68. The van der Waals surface area contributed by atoms with Crippen molar-refractivity contribution in [3.05, 3.63) is 48.0 Å². The fraction of sp³-hybridized carbons (Fsp3) is 0.409. The monoisotopic (exact) mass is 387 g/mol. The van der Waals surface area contributed by atoms with Gasteiger partial charge in [-0.1, -0.05) is 32.0 Å². The van der Waals surface area contributed by atoms with Crippen LogP contribution in [0.15, 0.2) is 42.5 Å². The fourth-order valence-electron chi connectivity index (χ4n) is 2.68. The lowest BCUT2D eigenvalue weighted by molar-refractivity contribution is -0.118. The molecule has 152 valence electrons. The predicted octanol–water partition coefficient (Wildman–Crippen LogP) is 4.25. The molecule has 0 radical (unpaired) electrons. The zero-order chi connectivity index (χ0) is 20.4. The van der Waals surface area contributed by atoms with Gasteiger partial charge < -0.3 is 24.3 Å². The van der Waals surface area contributed by atoms with E-state index in [1.165, 1.54) is 0 Å². The smallest absolute Gasteiger partial charge is 0.262 e. The highest BCUT2D eigenvalue weighted by molar-refractivity contribution is 5.92. The van der Waals surface area contributed by atoms with Crippen LogP contribution in [0.5, 0.6) is 17.2 Å². The quantitative estimate of drug-likeness (QED) is 0.584. The molecule has 0 bridgehead atoms. The summed E-state index contributed by atoms with van der Waals surface area (Å²) in [6.45, 7) is 5.05. The SMILES string of the molecule is CCC(C)c1ccccc1OCC(=O)Nc1ccc(OC)c(OCCOC)c1. The summed E-state index contributed by atoms with van der Waals surface area (Å²) >= 11 is 0. The Bertz CT molecular complexity index is 762. The molecule has 0 fully saturated rings. The van der Waals surface area contributed by atoms with Crippen molar-refractivity contribution < 1.29 is 23.7 Å². The standard InChI is InChI=1S/C22H29NO5/c1-5-16(2)18-8-6-7-9-19(18)28-15-22(24)23-17-10-11-20(26-4)21(14-17)27-13-12-25-3/h6-11,14,16H,5,12-13,15H2,1-4H3,(H,23,24). The molecule has 1 atom stereocenters. The molecule has 0 aliphatic carbocycles. The maximum Gasteiger partial charge on any atom is 0.262 e. The summed E-state index contributed by atoms with van der Waals surface area (Å²) in [5.41, 5.74) is 1.72. The van der Waals surface area contributed by atoms with Crippen molar-refractivity contribution in [1.82, 2.24) is 0 Å². The lowest BCUT2D eigenvalue weighted by atomic mass is 9.98. The molecule has 28 heavy (non-hydrogen) atoms. The Labute approximate surface area is 166 Å². The van der Waals surface area contributed by atoms with E-state index in [0.717, 1.165) is 17.7 Å². The van der Waals surface area contributed by atoms with Crippen molar-refractivity contribution in [3.63, 3.8) is 0 Å². The van der Waals surface area contributed by atoms with Gasteiger partial charge in [-0.05, 0) is 36.1 Å². The van der Waals surface area contributed by atoms with Crippen LogP contribution >= 0.6 is 0 Å². The molecular weight excluding hydrogens is 358 g/mol. The lowest BCUT2D eigenvalue weighted by Crippen LogP contribution is -2.20. The van der Waals surface area contributed by atoms with Crippen molar-refractivity contribution >= 4 is 11.6 Å². The van der Waals surface area contributed by atoms with Crippen LogP contribution in [0, 0.1) is 0 Å². The summed E-state index contributed by atoms with van der Waals surface area (Å²) in [6, 6.07) is 13.0. The first kappa shape index (κ1) is 21.6. The number of nitrogens with one attached hydrogen (secondary N) is 1. The molecule has 6 heteroatoms. The number of para-hydroxylation sites is 1. The van der Waals surface area contributed by atoms with E-state index in [4.69, 9.17) is 18.9 Å². The summed E-state index contributed by atoms with van der Waals surface area (Å²) in [6.07, 6.45) is 1.00. The van der Waals surface area contributed by atoms with E-state index >= 15 is 0 Å². The molecule has 0 aliphatic heterocycles. The van der Waals surface area contributed by atoms with E-state index in [1.807, 2.05) is 24.3 Å². The molecule has 0 spiro atoms. The number of carbonyl (C=O) groups excluding carboxylic acids is 1. The largest absolute Gasteiger partial charge is 0.493 e. The van der Waals surface area contributed by atoms with E-state index in [2.05, 4.69) is 19.2 Å². The topological polar surface area (TPSA) is 66.0 Å². The van der Waals surface area contributed by atoms with Crippen LogP contribution < -0.4 is 19.5 Å². The van der Waals surface area contributed by atoms with Gasteiger partial charge in [0.25, 0.3) is 5.91 Å². The molecule has 0 saturated carbocycles. The van der Waals surface area contributed by atoms with Crippen LogP contribution in [0.1, 0.15) is 31.7 Å². The van der Waals surface area contributed by atoms with E-state index in [-0.39, 0.29) is 12.5 Å². The Kier molecular flexibility index (Phi) is 8.62. The van der Waals surface area contributed by atoms with Crippen LogP contribution in [-0.2, 0) is 9.53 Å². The third-order valence-corrected chi connectivity index (χ3v) is 4.41. The molecule has 0 aromatic heterocycles. The van der Waals surface area contributed by atoms with Crippen molar-refractivity contribution in [1.29, 1.82) is 0 Å². The second kappa shape index (κ2) is 11.2. The second-order valence-corrected chi connectivity index (χ2v) is 6.39. The first-order valence-corrected chi connectivity index (χ1v) is 9.40. The third kappa shape index (κ3) is 6.16. The van der Waals surface area contributed by atoms with Crippen LogP contribution in [0.3, 0.4) is 0 Å². The number of rotatable bonds is 11. The number of hydrogen-bond donors (Lipinski definition) is 1. The van der Waals surface area contributed by atoms with Gasteiger partial charge in [0.2, 0.25) is 0 Å². The van der Waals surface area contributed by atoms with Crippen molar-refractivity contribution in [3.8, 4) is 17.2 Å². The maximum atomic E-state index is 12.3. The normalized spacial score (nSPS) is 11.6. The molecule has 2 aromatic carbocycles. The molecule has 1 N–H and O–H groups in total. The van der Waals surface area contributed by atoms with Gasteiger partial charge in [-0.2, -0.15) is 0 Å². The van der Waals surface area contributed by atoms with Gasteiger partial charge in [0, 0.05) is 18.9 Å². The van der Waals surface area contributed by atoms with Gasteiger partial charge in [-0.15, -0.1) is 0 Å². The second-order valence-electron chi connectivity index (χ2n) is 6.39. The van der Waals surface area contributed by atoms with E-state index in [9.17, 15) is 4.79 Å². The summed E-state index contributed by atoms with van der Waals surface area (Å²) in [4.78, 5) is 12.3.